The lowest BCUT2D eigenvalue weighted by Crippen LogP contribution is -2.46. The second kappa shape index (κ2) is 11.2. The van der Waals surface area contributed by atoms with Crippen molar-refractivity contribution in [1.82, 2.24) is 0 Å². The van der Waals surface area contributed by atoms with Crippen molar-refractivity contribution in [3.63, 3.8) is 0 Å². The molecule has 1 aromatic rings. The molecule has 40 heavy (non-hydrogen) atoms. The molecule has 6 heteroatoms. The number of benzene rings is 1. The van der Waals surface area contributed by atoms with Crippen LogP contribution in [0.3, 0.4) is 0 Å². The van der Waals surface area contributed by atoms with Crippen molar-refractivity contribution in [2.24, 2.45) is 28.3 Å². The standard InChI is InChI=1S/C34H41FN2O3/c1-34-21-28(22-8-11-24(12-9-22)37-16-4-5-17-37)33-25-13-10-23(36-40)19-26(25)31(35)20-27(33)29(34)14-15-30(34)32(39)7-3-2-6-18-38/h8-9,11-12,19,23,27-31,38H,3-5,7,10,13-18,20-21H2,1H3/t23?,27-,28+,29-,30+,31?,34-/m0/s1. The number of nitroso groups, excluding NO2 is 1. The van der Waals surface area contributed by atoms with Gasteiger partial charge < -0.3 is 10.0 Å². The van der Waals surface area contributed by atoms with E-state index in [4.69, 9.17) is 5.11 Å². The zero-order chi connectivity index (χ0) is 27.9. The summed E-state index contributed by atoms with van der Waals surface area (Å²) in [6.07, 6.45) is 8.53. The lowest BCUT2D eigenvalue weighted by molar-refractivity contribution is -0.127. The Morgan fingerprint density at radius 2 is 1.93 bits per heavy atom. The van der Waals surface area contributed by atoms with Crippen LogP contribution in [0.5, 0.6) is 0 Å². The lowest BCUT2D eigenvalue weighted by atomic mass is 9.51. The first kappa shape index (κ1) is 27.4. The molecule has 2 saturated carbocycles. The van der Waals surface area contributed by atoms with Crippen LogP contribution in [-0.2, 0) is 4.79 Å². The zero-order valence-corrected chi connectivity index (χ0v) is 23.6. The molecular formula is C34H41FN2O3. The van der Waals surface area contributed by atoms with Gasteiger partial charge in [-0.05, 0) is 97.5 Å². The summed E-state index contributed by atoms with van der Waals surface area (Å²) in [6.45, 7) is 4.32. The van der Waals surface area contributed by atoms with Crippen molar-refractivity contribution < 1.29 is 14.3 Å². The Morgan fingerprint density at radius 3 is 2.65 bits per heavy atom. The maximum absolute atomic E-state index is 15.9. The van der Waals surface area contributed by atoms with E-state index in [1.165, 1.54) is 29.7 Å². The van der Waals surface area contributed by atoms with Gasteiger partial charge in [-0.3, -0.25) is 4.79 Å². The Bertz CT molecular complexity index is 1270. The molecule has 212 valence electrons. The van der Waals surface area contributed by atoms with Crippen LogP contribution in [-0.4, -0.2) is 42.8 Å². The van der Waals surface area contributed by atoms with Gasteiger partial charge in [-0.1, -0.05) is 41.8 Å². The molecule has 0 radical (unpaired) electrons. The normalized spacial score (nSPS) is 34.8. The predicted octanol–water partition coefficient (Wildman–Crippen LogP) is 6.66. The van der Waals surface area contributed by atoms with E-state index in [0.29, 0.717) is 37.7 Å². The van der Waals surface area contributed by atoms with Gasteiger partial charge in [0.25, 0.3) is 0 Å². The number of carbonyl (C=O) groups excluding carboxylic acids is 1. The Kier molecular flexibility index (Phi) is 7.70. The predicted molar refractivity (Wildman–Crippen MR) is 156 cm³/mol. The monoisotopic (exact) mass is 544 g/mol. The highest BCUT2D eigenvalue weighted by Crippen LogP contribution is 2.66. The van der Waals surface area contributed by atoms with E-state index < -0.39 is 12.2 Å². The number of halogens is 1. The summed E-state index contributed by atoms with van der Waals surface area (Å²) in [6, 6.07) is 8.59. The van der Waals surface area contributed by atoms with E-state index in [0.717, 1.165) is 37.9 Å². The van der Waals surface area contributed by atoms with Gasteiger partial charge in [0.1, 0.15) is 24.6 Å². The zero-order valence-electron chi connectivity index (χ0n) is 23.6. The summed E-state index contributed by atoms with van der Waals surface area (Å²) >= 11 is 0. The number of allylic oxidation sites excluding steroid dienone is 3. The minimum atomic E-state index is -1.09. The number of aliphatic hydroxyl groups is 1. The Labute approximate surface area is 237 Å². The molecule has 1 saturated heterocycles. The second-order valence-corrected chi connectivity index (χ2v) is 12.8. The van der Waals surface area contributed by atoms with Crippen molar-refractivity contribution in [2.45, 2.75) is 89.3 Å². The Hall–Kier alpha value is -2.78. The van der Waals surface area contributed by atoms with Gasteiger partial charge in [-0.25, -0.2) is 4.39 Å². The number of aliphatic hydroxyl groups excluding tert-OH is 1. The average Bonchev–Trinajstić information content (AvgIpc) is 3.63. The number of rotatable bonds is 6. The first-order valence-corrected chi connectivity index (χ1v) is 15.3. The number of nitrogens with zero attached hydrogens (tertiary/aromatic N) is 2. The lowest BCUT2D eigenvalue weighted by Gasteiger charge is -2.53. The van der Waals surface area contributed by atoms with Crippen LogP contribution in [0.25, 0.3) is 0 Å². The molecule has 3 fully saturated rings. The van der Waals surface area contributed by atoms with Crippen LogP contribution in [0, 0.1) is 39.9 Å². The molecular weight excluding hydrogens is 503 g/mol. The van der Waals surface area contributed by atoms with Crippen LogP contribution in [0.2, 0.25) is 0 Å². The van der Waals surface area contributed by atoms with Crippen LogP contribution in [0.15, 0.2) is 52.2 Å². The number of hydrogen-bond acceptors (Lipinski definition) is 5. The topological polar surface area (TPSA) is 70.0 Å². The summed E-state index contributed by atoms with van der Waals surface area (Å²) in [5.41, 5.74) is 5.54. The van der Waals surface area contributed by atoms with Gasteiger partial charge in [0, 0.05) is 43.5 Å². The van der Waals surface area contributed by atoms with E-state index in [9.17, 15) is 9.70 Å². The van der Waals surface area contributed by atoms with E-state index in [1.807, 2.05) is 0 Å². The molecule has 0 bridgehead atoms. The van der Waals surface area contributed by atoms with Crippen molar-refractivity contribution in [3.05, 3.63) is 57.5 Å². The fraction of sp³-hybridized carbons (Fsp3) is 0.618. The largest absolute Gasteiger partial charge is 0.384 e. The third-order valence-corrected chi connectivity index (χ3v) is 10.9. The Morgan fingerprint density at radius 1 is 1.15 bits per heavy atom. The van der Waals surface area contributed by atoms with E-state index >= 15 is 4.39 Å². The third kappa shape index (κ3) is 4.75. The molecule has 6 rings (SSSR count). The number of carbonyl (C=O) groups is 1. The molecule has 1 heterocycles. The highest BCUT2D eigenvalue weighted by atomic mass is 19.1. The summed E-state index contributed by atoms with van der Waals surface area (Å²) in [7, 11) is 0. The summed E-state index contributed by atoms with van der Waals surface area (Å²) in [5, 5.41) is 12.2. The number of alkyl halides is 1. The minimum absolute atomic E-state index is 0.0450. The van der Waals surface area contributed by atoms with E-state index in [2.05, 4.69) is 53.1 Å². The van der Waals surface area contributed by atoms with E-state index in [-0.39, 0.29) is 41.5 Å². The van der Waals surface area contributed by atoms with Gasteiger partial charge in [0.15, 0.2) is 0 Å². The molecule has 0 amide bonds. The van der Waals surface area contributed by atoms with Crippen molar-refractivity contribution >= 4 is 11.5 Å². The number of anilines is 1. The van der Waals surface area contributed by atoms with Crippen molar-refractivity contribution in [1.29, 1.82) is 0 Å². The molecule has 0 aromatic heterocycles. The second-order valence-electron chi connectivity index (χ2n) is 12.8. The molecule has 1 aromatic carbocycles. The average molecular weight is 545 g/mol. The van der Waals surface area contributed by atoms with Crippen molar-refractivity contribution in [3.8, 4) is 11.8 Å². The fourth-order valence-electron chi connectivity index (χ4n) is 9.06. The molecule has 1 aliphatic heterocycles. The molecule has 7 atom stereocenters. The summed E-state index contributed by atoms with van der Waals surface area (Å²) < 4.78 is 15.9. The quantitative estimate of drug-likeness (QED) is 0.321. The number of Topliss-reactive ketones (excluding diaryl/α,β-unsaturated/α-hetero) is 1. The maximum Gasteiger partial charge on any atom is 0.137 e. The number of hydrogen-bond donors (Lipinski definition) is 1. The van der Waals surface area contributed by atoms with Crippen LogP contribution in [0.4, 0.5) is 10.1 Å². The molecule has 5 nitrogen and oxygen atoms in total. The first-order chi connectivity index (χ1) is 19.4. The van der Waals surface area contributed by atoms with Crippen LogP contribution >= 0.6 is 0 Å². The third-order valence-electron chi connectivity index (χ3n) is 10.9. The number of fused-ring (bicyclic) bond motifs is 4. The van der Waals surface area contributed by atoms with Crippen molar-refractivity contribution in [2.75, 3.05) is 24.6 Å². The van der Waals surface area contributed by atoms with Gasteiger partial charge in [0.05, 0.1) is 0 Å². The van der Waals surface area contributed by atoms with E-state index in [1.54, 1.807) is 6.08 Å². The Balaban J connectivity index is 1.39. The molecule has 2 unspecified atom stereocenters. The summed E-state index contributed by atoms with van der Waals surface area (Å²) in [5.74, 6) is 6.30. The highest BCUT2D eigenvalue weighted by Gasteiger charge is 2.58. The molecule has 0 spiro atoms. The number of ketones is 1. The van der Waals surface area contributed by atoms with Gasteiger partial charge >= 0.3 is 0 Å². The fourth-order valence-corrected chi connectivity index (χ4v) is 9.06. The highest BCUT2D eigenvalue weighted by molar-refractivity contribution is 5.82. The van der Waals surface area contributed by atoms with Gasteiger partial charge in [-0.2, -0.15) is 4.91 Å². The SMILES string of the molecule is C[C@]12C[C@H](c3ccc(N4CCCC4)cc3)C3=C4CCC(N=O)C=C4C(F)C[C@H]3[C@@H]1CC[C@@H]2C(=O)CCC#CCO. The molecule has 5 aliphatic rings. The molecule has 4 aliphatic carbocycles. The smallest absolute Gasteiger partial charge is 0.137 e. The minimum Gasteiger partial charge on any atom is -0.384 e. The molecule has 1 N–H and O–H groups in total. The van der Waals surface area contributed by atoms with Gasteiger partial charge in [0.2, 0.25) is 0 Å². The maximum atomic E-state index is 15.9. The summed E-state index contributed by atoms with van der Waals surface area (Å²) in [4.78, 5) is 27.4. The van der Waals surface area contributed by atoms with Gasteiger partial charge in [-0.15, -0.1) is 5.92 Å². The first-order valence-electron chi connectivity index (χ1n) is 15.3. The van der Waals surface area contributed by atoms with Crippen LogP contribution < -0.4 is 4.90 Å². The van der Waals surface area contributed by atoms with Crippen LogP contribution in [0.1, 0.15) is 82.6 Å².